The van der Waals surface area contributed by atoms with Crippen LogP contribution in [0.2, 0.25) is 0 Å². The van der Waals surface area contributed by atoms with Crippen molar-refractivity contribution in [3.05, 3.63) is 64.1 Å². The Morgan fingerprint density at radius 2 is 1.72 bits per heavy atom. The highest BCUT2D eigenvalue weighted by Gasteiger charge is 2.37. The zero-order valence-electron chi connectivity index (χ0n) is 16.5. The molecule has 1 aliphatic heterocycles. The molecule has 1 aliphatic carbocycles. The number of benzene rings is 2. The average molecular weight is 470 g/mol. The summed E-state index contributed by atoms with van der Waals surface area (Å²) >= 11 is 4.90. The van der Waals surface area contributed by atoms with E-state index in [1.165, 1.54) is 23.7 Å². The summed E-state index contributed by atoms with van der Waals surface area (Å²) in [6.07, 6.45) is 5.58. The molecular weight excluding hydrogens is 446 g/mol. The normalized spacial score (nSPS) is 17.7. The highest BCUT2D eigenvalue weighted by molar-refractivity contribution is 9.10. The Morgan fingerprint density at radius 3 is 2.41 bits per heavy atom. The molecule has 0 bridgehead atoms. The highest BCUT2D eigenvalue weighted by atomic mass is 79.9. The van der Waals surface area contributed by atoms with Crippen LogP contribution < -0.4 is 5.32 Å². The quantitative estimate of drug-likeness (QED) is 0.597. The van der Waals surface area contributed by atoms with Gasteiger partial charge in [-0.05, 0) is 56.9 Å². The number of nitrogens with zero attached hydrogens (tertiary/aromatic N) is 2. The number of nitrogens with one attached hydrogen (secondary N) is 1. The monoisotopic (exact) mass is 469 g/mol. The number of rotatable bonds is 4. The molecule has 1 heterocycles. The molecule has 150 valence electrons. The van der Waals surface area contributed by atoms with Gasteiger partial charge in [0.1, 0.15) is 5.04 Å². The summed E-state index contributed by atoms with van der Waals surface area (Å²) < 4.78 is 0.988. The van der Waals surface area contributed by atoms with Crippen molar-refractivity contribution in [3.63, 3.8) is 0 Å². The van der Waals surface area contributed by atoms with Gasteiger partial charge in [0.25, 0.3) is 0 Å². The highest BCUT2D eigenvalue weighted by Crippen LogP contribution is 2.38. The molecule has 0 radical (unpaired) electrons. The summed E-state index contributed by atoms with van der Waals surface area (Å²) in [7, 11) is 0. The standard InChI is InChI=1S/C23H24BrN3OS/c1-16-5-7-17(8-6-16)21-22(27-23(26-21)13-3-2-4-14-23)29-15-20(28)25-19-11-9-18(24)10-12-19/h5-12H,2-4,13-15H2,1H3,(H,25,28). The number of aliphatic imine (C=N–C) groups is 2. The fourth-order valence-corrected chi connectivity index (χ4v) is 4.87. The molecule has 1 spiro atoms. The summed E-state index contributed by atoms with van der Waals surface area (Å²) in [6, 6.07) is 16.0. The maximum atomic E-state index is 12.5. The topological polar surface area (TPSA) is 53.8 Å². The first kappa shape index (κ1) is 20.4. The zero-order valence-corrected chi connectivity index (χ0v) is 18.9. The molecule has 6 heteroatoms. The number of hydrogen-bond acceptors (Lipinski definition) is 4. The molecule has 2 aromatic rings. The van der Waals surface area contributed by atoms with E-state index >= 15 is 0 Å². The van der Waals surface area contributed by atoms with Crippen LogP contribution in [-0.2, 0) is 4.79 Å². The van der Waals surface area contributed by atoms with E-state index in [0.717, 1.165) is 52.2 Å². The SMILES string of the molecule is Cc1ccc(C2=NC3(CCCCC3)N=C2SCC(=O)Nc2ccc(Br)cc2)cc1. The number of amides is 1. The number of carbonyl (C=O) groups excluding carboxylic acids is 1. The van der Waals surface area contributed by atoms with Crippen LogP contribution in [0.1, 0.15) is 43.2 Å². The minimum absolute atomic E-state index is 0.0344. The predicted molar refractivity (Wildman–Crippen MR) is 126 cm³/mol. The second-order valence-electron chi connectivity index (χ2n) is 7.63. The molecule has 2 aromatic carbocycles. The van der Waals surface area contributed by atoms with Gasteiger partial charge >= 0.3 is 0 Å². The Kier molecular flexibility index (Phi) is 6.20. The van der Waals surface area contributed by atoms with Crippen LogP contribution in [0.4, 0.5) is 5.69 Å². The van der Waals surface area contributed by atoms with Crippen LogP contribution in [0.15, 0.2) is 63.0 Å². The van der Waals surface area contributed by atoms with Crippen LogP contribution in [0.3, 0.4) is 0 Å². The second-order valence-corrected chi connectivity index (χ2v) is 9.51. The predicted octanol–water partition coefficient (Wildman–Crippen LogP) is 5.99. The number of carbonyl (C=O) groups is 1. The lowest BCUT2D eigenvalue weighted by Gasteiger charge is -2.27. The number of anilines is 1. The van der Waals surface area contributed by atoms with Gasteiger partial charge < -0.3 is 5.32 Å². The Balaban J connectivity index is 1.49. The summed E-state index contributed by atoms with van der Waals surface area (Å²) in [4.78, 5) is 22.6. The third kappa shape index (κ3) is 4.98. The lowest BCUT2D eigenvalue weighted by Crippen LogP contribution is -2.25. The number of hydrogen-bond donors (Lipinski definition) is 1. The maximum absolute atomic E-state index is 12.5. The molecule has 0 unspecified atom stereocenters. The molecule has 1 saturated carbocycles. The van der Waals surface area contributed by atoms with Gasteiger partial charge in [-0.15, -0.1) is 0 Å². The summed E-state index contributed by atoms with van der Waals surface area (Å²) in [5.41, 5.74) is 3.72. The van der Waals surface area contributed by atoms with E-state index in [-0.39, 0.29) is 11.6 Å². The lowest BCUT2D eigenvalue weighted by molar-refractivity contribution is -0.113. The fraction of sp³-hybridized carbons (Fsp3) is 0.348. The van der Waals surface area contributed by atoms with Crippen LogP contribution in [0, 0.1) is 6.92 Å². The van der Waals surface area contributed by atoms with Gasteiger partial charge in [0.15, 0.2) is 5.66 Å². The lowest BCUT2D eigenvalue weighted by atomic mass is 9.90. The Labute approximate surface area is 184 Å². The van der Waals surface area contributed by atoms with Gasteiger partial charge in [-0.2, -0.15) is 0 Å². The molecule has 0 aromatic heterocycles. The second kappa shape index (κ2) is 8.84. The largest absolute Gasteiger partial charge is 0.325 e. The Morgan fingerprint density at radius 1 is 1.03 bits per heavy atom. The van der Waals surface area contributed by atoms with Crippen molar-refractivity contribution < 1.29 is 4.79 Å². The van der Waals surface area contributed by atoms with E-state index in [1.807, 2.05) is 24.3 Å². The van der Waals surface area contributed by atoms with Gasteiger partial charge in [0.2, 0.25) is 5.91 Å². The maximum Gasteiger partial charge on any atom is 0.234 e. The van der Waals surface area contributed by atoms with Crippen molar-refractivity contribution in [2.75, 3.05) is 11.1 Å². The minimum atomic E-state index is -0.316. The first-order valence-corrected chi connectivity index (χ1v) is 11.8. The van der Waals surface area contributed by atoms with Gasteiger partial charge in [0.05, 0.1) is 11.5 Å². The molecule has 0 atom stereocenters. The van der Waals surface area contributed by atoms with E-state index < -0.39 is 0 Å². The molecule has 29 heavy (non-hydrogen) atoms. The molecular formula is C23H24BrN3OS. The molecule has 4 rings (SSSR count). The van der Waals surface area contributed by atoms with Crippen molar-refractivity contribution >= 4 is 50.0 Å². The van der Waals surface area contributed by atoms with Crippen LogP contribution in [0.5, 0.6) is 0 Å². The number of thioether (sulfide) groups is 1. The van der Waals surface area contributed by atoms with Crippen molar-refractivity contribution in [1.29, 1.82) is 0 Å². The van der Waals surface area contributed by atoms with Crippen LogP contribution in [-0.4, -0.2) is 28.1 Å². The molecule has 4 nitrogen and oxygen atoms in total. The first-order chi connectivity index (χ1) is 14.0. The molecule has 1 amide bonds. The third-order valence-corrected chi connectivity index (χ3v) is 6.77. The third-order valence-electron chi connectivity index (χ3n) is 5.28. The zero-order chi connectivity index (χ0) is 20.3. The van der Waals surface area contributed by atoms with Crippen molar-refractivity contribution in [3.8, 4) is 0 Å². The fourth-order valence-electron chi connectivity index (χ4n) is 3.73. The Bertz CT molecular complexity index is 945. The summed E-state index contributed by atoms with van der Waals surface area (Å²) in [5.74, 6) is 0.281. The first-order valence-electron chi connectivity index (χ1n) is 9.98. The van der Waals surface area contributed by atoms with Crippen LogP contribution >= 0.6 is 27.7 Å². The van der Waals surface area contributed by atoms with Crippen molar-refractivity contribution in [2.24, 2.45) is 9.98 Å². The van der Waals surface area contributed by atoms with E-state index in [2.05, 4.69) is 52.4 Å². The van der Waals surface area contributed by atoms with Gasteiger partial charge in [-0.3, -0.25) is 9.79 Å². The average Bonchev–Trinajstić information content (AvgIpc) is 3.07. The summed E-state index contributed by atoms with van der Waals surface area (Å²) in [5, 5.41) is 3.84. The van der Waals surface area contributed by atoms with Gasteiger partial charge in [0, 0.05) is 15.7 Å². The van der Waals surface area contributed by atoms with E-state index in [9.17, 15) is 4.79 Å². The molecule has 0 saturated heterocycles. The minimum Gasteiger partial charge on any atom is -0.325 e. The molecule has 1 fully saturated rings. The van der Waals surface area contributed by atoms with Gasteiger partial charge in [-0.1, -0.05) is 63.9 Å². The van der Waals surface area contributed by atoms with Gasteiger partial charge in [-0.25, -0.2) is 4.99 Å². The Hall–Kier alpha value is -1.92. The van der Waals surface area contributed by atoms with E-state index in [0.29, 0.717) is 5.75 Å². The summed E-state index contributed by atoms with van der Waals surface area (Å²) in [6.45, 7) is 2.08. The molecule has 2 aliphatic rings. The molecule has 1 N–H and O–H groups in total. The van der Waals surface area contributed by atoms with E-state index in [1.54, 1.807) is 0 Å². The number of halogens is 1. The van der Waals surface area contributed by atoms with Crippen molar-refractivity contribution in [2.45, 2.75) is 44.7 Å². The smallest absolute Gasteiger partial charge is 0.234 e. The van der Waals surface area contributed by atoms with Crippen molar-refractivity contribution in [1.82, 2.24) is 0 Å². The van der Waals surface area contributed by atoms with Crippen LogP contribution in [0.25, 0.3) is 0 Å². The number of aryl methyl sites for hydroxylation is 1. The van der Waals surface area contributed by atoms with E-state index in [4.69, 9.17) is 9.98 Å².